The molecule has 84 valence electrons. The van der Waals surface area contributed by atoms with Crippen LogP contribution in [0.4, 0.5) is 0 Å². The zero-order chi connectivity index (χ0) is 12.1. The second-order valence-electron chi connectivity index (χ2n) is 3.44. The summed E-state index contributed by atoms with van der Waals surface area (Å²) in [7, 11) is 0. The van der Waals surface area contributed by atoms with Crippen LogP contribution in [0.2, 0.25) is 0 Å². The molecule has 0 aliphatic heterocycles. The molecule has 0 aliphatic carbocycles. The average molecular weight is 219 g/mol. The SMILES string of the molecule is C=C(C)C(=O)NC(C(=O)O)c1ccccc1. The van der Waals surface area contributed by atoms with Crippen molar-refractivity contribution >= 4 is 11.9 Å². The van der Waals surface area contributed by atoms with Gasteiger partial charge >= 0.3 is 5.97 Å². The third-order valence-electron chi connectivity index (χ3n) is 2.04. The molecule has 1 aromatic rings. The van der Waals surface area contributed by atoms with Gasteiger partial charge in [0.1, 0.15) is 0 Å². The fourth-order valence-electron chi connectivity index (χ4n) is 1.19. The number of benzene rings is 1. The lowest BCUT2D eigenvalue weighted by Crippen LogP contribution is -2.33. The second-order valence-corrected chi connectivity index (χ2v) is 3.44. The molecule has 1 amide bonds. The summed E-state index contributed by atoms with van der Waals surface area (Å²) in [5.41, 5.74) is 0.812. The van der Waals surface area contributed by atoms with Gasteiger partial charge in [0.2, 0.25) is 5.91 Å². The molecule has 0 spiro atoms. The number of amides is 1. The number of carbonyl (C=O) groups is 2. The van der Waals surface area contributed by atoms with E-state index in [1.807, 2.05) is 0 Å². The van der Waals surface area contributed by atoms with Gasteiger partial charge in [-0.25, -0.2) is 4.79 Å². The molecule has 2 N–H and O–H groups in total. The molecule has 16 heavy (non-hydrogen) atoms. The van der Waals surface area contributed by atoms with Gasteiger partial charge in [0.25, 0.3) is 0 Å². The van der Waals surface area contributed by atoms with E-state index in [2.05, 4.69) is 11.9 Å². The number of hydrogen-bond acceptors (Lipinski definition) is 2. The van der Waals surface area contributed by atoms with Gasteiger partial charge in [-0.3, -0.25) is 4.79 Å². The summed E-state index contributed by atoms with van der Waals surface area (Å²) in [4.78, 5) is 22.4. The van der Waals surface area contributed by atoms with Crippen LogP contribution in [0, 0.1) is 0 Å². The van der Waals surface area contributed by atoms with Gasteiger partial charge in [-0.1, -0.05) is 36.9 Å². The summed E-state index contributed by atoms with van der Waals surface area (Å²) >= 11 is 0. The van der Waals surface area contributed by atoms with Crippen molar-refractivity contribution in [2.45, 2.75) is 13.0 Å². The molecule has 0 heterocycles. The lowest BCUT2D eigenvalue weighted by molar-refractivity contribution is -0.141. The van der Waals surface area contributed by atoms with Crippen molar-refractivity contribution in [2.24, 2.45) is 0 Å². The Balaban J connectivity index is 2.89. The van der Waals surface area contributed by atoms with E-state index in [1.165, 1.54) is 6.92 Å². The minimum Gasteiger partial charge on any atom is -0.479 e. The van der Waals surface area contributed by atoms with Gasteiger partial charge in [0.15, 0.2) is 6.04 Å². The molecule has 1 atom stereocenters. The predicted molar refractivity (Wildman–Crippen MR) is 59.8 cm³/mol. The Labute approximate surface area is 93.6 Å². The third-order valence-corrected chi connectivity index (χ3v) is 2.04. The third kappa shape index (κ3) is 2.95. The first-order valence-corrected chi connectivity index (χ1v) is 4.76. The highest BCUT2D eigenvalue weighted by atomic mass is 16.4. The molecule has 0 saturated carbocycles. The molecule has 0 saturated heterocycles. The minimum absolute atomic E-state index is 0.280. The Bertz CT molecular complexity index is 412. The summed E-state index contributed by atoms with van der Waals surface area (Å²) < 4.78 is 0. The molecule has 1 aromatic carbocycles. The van der Waals surface area contributed by atoms with E-state index in [9.17, 15) is 9.59 Å². The largest absolute Gasteiger partial charge is 0.479 e. The van der Waals surface area contributed by atoms with Gasteiger partial charge in [-0.2, -0.15) is 0 Å². The Morgan fingerprint density at radius 2 is 1.88 bits per heavy atom. The highest BCUT2D eigenvalue weighted by molar-refractivity contribution is 5.95. The van der Waals surface area contributed by atoms with Crippen LogP contribution in [0.3, 0.4) is 0 Å². The maximum Gasteiger partial charge on any atom is 0.330 e. The number of carboxylic acids is 1. The van der Waals surface area contributed by atoms with E-state index in [1.54, 1.807) is 30.3 Å². The normalized spacial score (nSPS) is 11.6. The molecule has 0 radical (unpaired) electrons. The van der Waals surface area contributed by atoms with Crippen LogP contribution in [-0.2, 0) is 9.59 Å². The van der Waals surface area contributed by atoms with Crippen molar-refractivity contribution < 1.29 is 14.7 Å². The van der Waals surface area contributed by atoms with Crippen LogP contribution >= 0.6 is 0 Å². The van der Waals surface area contributed by atoms with Crippen molar-refractivity contribution in [1.29, 1.82) is 0 Å². The van der Waals surface area contributed by atoms with Gasteiger partial charge < -0.3 is 10.4 Å². The average Bonchev–Trinajstić information content (AvgIpc) is 2.26. The quantitative estimate of drug-likeness (QED) is 0.754. The zero-order valence-corrected chi connectivity index (χ0v) is 8.93. The summed E-state index contributed by atoms with van der Waals surface area (Å²) in [5, 5.41) is 11.4. The monoisotopic (exact) mass is 219 g/mol. The zero-order valence-electron chi connectivity index (χ0n) is 8.93. The van der Waals surface area contributed by atoms with E-state index < -0.39 is 17.9 Å². The number of aliphatic carboxylic acids is 1. The Kier molecular flexibility index (Phi) is 3.83. The predicted octanol–water partition coefficient (Wildman–Crippen LogP) is 1.50. The first-order chi connectivity index (χ1) is 7.52. The van der Waals surface area contributed by atoms with Gasteiger partial charge in [-0.05, 0) is 12.5 Å². The molecule has 1 unspecified atom stereocenters. The summed E-state index contributed by atoms with van der Waals surface area (Å²) in [5.74, 6) is -1.56. The Morgan fingerprint density at radius 1 is 1.31 bits per heavy atom. The van der Waals surface area contributed by atoms with E-state index >= 15 is 0 Å². The Hall–Kier alpha value is -2.10. The van der Waals surface area contributed by atoms with E-state index in [0.29, 0.717) is 5.56 Å². The number of carbonyl (C=O) groups excluding carboxylic acids is 1. The van der Waals surface area contributed by atoms with Crippen molar-refractivity contribution in [2.75, 3.05) is 0 Å². The van der Waals surface area contributed by atoms with Crippen molar-refractivity contribution in [3.63, 3.8) is 0 Å². The van der Waals surface area contributed by atoms with Crippen LogP contribution < -0.4 is 5.32 Å². The van der Waals surface area contributed by atoms with Crippen LogP contribution in [0.15, 0.2) is 42.5 Å². The number of rotatable bonds is 4. The minimum atomic E-state index is -1.10. The lowest BCUT2D eigenvalue weighted by atomic mass is 10.1. The standard InChI is InChI=1S/C12H13NO3/c1-8(2)11(14)13-10(12(15)16)9-6-4-3-5-7-9/h3-7,10H,1H2,2H3,(H,13,14)(H,15,16). The molecule has 0 aliphatic rings. The summed E-state index contributed by atoms with van der Waals surface area (Å²) in [6.07, 6.45) is 0. The molecule has 0 bridgehead atoms. The van der Waals surface area contributed by atoms with Crippen LogP contribution in [0.25, 0.3) is 0 Å². The maximum atomic E-state index is 11.4. The van der Waals surface area contributed by atoms with Gasteiger partial charge in [0, 0.05) is 5.57 Å². The molecule has 1 rings (SSSR count). The maximum absolute atomic E-state index is 11.4. The van der Waals surface area contributed by atoms with Crippen LogP contribution in [0.5, 0.6) is 0 Å². The van der Waals surface area contributed by atoms with Crippen molar-refractivity contribution in [1.82, 2.24) is 5.32 Å². The van der Waals surface area contributed by atoms with Crippen molar-refractivity contribution in [3.8, 4) is 0 Å². The van der Waals surface area contributed by atoms with E-state index in [4.69, 9.17) is 5.11 Å². The van der Waals surface area contributed by atoms with E-state index in [-0.39, 0.29) is 5.57 Å². The van der Waals surface area contributed by atoms with Crippen LogP contribution in [0.1, 0.15) is 18.5 Å². The van der Waals surface area contributed by atoms with Crippen molar-refractivity contribution in [3.05, 3.63) is 48.0 Å². The molecule has 4 heteroatoms. The molecule has 4 nitrogen and oxygen atoms in total. The second kappa shape index (κ2) is 5.11. The van der Waals surface area contributed by atoms with Crippen LogP contribution in [-0.4, -0.2) is 17.0 Å². The molecular weight excluding hydrogens is 206 g/mol. The number of nitrogens with one attached hydrogen (secondary N) is 1. The fourth-order valence-corrected chi connectivity index (χ4v) is 1.19. The van der Waals surface area contributed by atoms with Gasteiger partial charge in [-0.15, -0.1) is 0 Å². The fraction of sp³-hybridized carbons (Fsp3) is 0.167. The molecule has 0 aromatic heterocycles. The highest BCUT2D eigenvalue weighted by Gasteiger charge is 2.21. The summed E-state index contributed by atoms with van der Waals surface area (Å²) in [6.45, 7) is 4.98. The number of hydrogen-bond donors (Lipinski definition) is 2. The lowest BCUT2D eigenvalue weighted by Gasteiger charge is -2.14. The summed E-state index contributed by atoms with van der Waals surface area (Å²) in [6, 6.07) is 7.49. The first kappa shape index (κ1) is 12.0. The van der Waals surface area contributed by atoms with Gasteiger partial charge in [0.05, 0.1) is 0 Å². The smallest absolute Gasteiger partial charge is 0.330 e. The highest BCUT2D eigenvalue weighted by Crippen LogP contribution is 2.13. The molecule has 0 fully saturated rings. The topological polar surface area (TPSA) is 66.4 Å². The molecular formula is C12H13NO3. The number of carboxylic acid groups (broad SMARTS) is 1. The first-order valence-electron chi connectivity index (χ1n) is 4.76. The van der Waals surface area contributed by atoms with E-state index in [0.717, 1.165) is 0 Å². The Morgan fingerprint density at radius 3 is 2.31 bits per heavy atom.